The highest BCUT2D eigenvalue weighted by Crippen LogP contribution is 2.20. The van der Waals surface area contributed by atoms with E-state index in [0.717, 1.165) is 48.3 Å². The molecule has 0 bridgehead atoms. The molecule has 0 aromatic carbocycles. The molecule has 2 aromatic heterocycles. The highest BCUT2D eigenvalue weighted by Gasteiger charge is 2.15. The van der Waals surface area contributed by atoms with Gasteiger partial charge in [0.2, 0.25) is 0 Å². The van der Waals surface area contributed by atoms with Crippen molar-refractivity contribution in [2.45, 2.75) is 39.0 Å². The Balaban J connectivity index is 1.74. The first-order valence-corrected chi connectivity index (χ1v) is 8.00. The zero-order chi connectivity index (χ0) is 15.5. The average Bonchev–Trinajstić information content (AvgIpc) is 2.73. The number of anilines is 1. The van der Waals surface area contributed by atoms with Crippen LogP contribution in [0, 0.1) is 6.92 Å². The van der Waals surface area contributed by atoms with E-state index in [4.69, 9.17) is 0 Å². The zero-order valence-corrected chi connectivity index (χ0v) is 13.3. The van der Waals surface area contributed by atoms with E-state index in [1.165, 1.54) is 19.3 Å². The van der Waals surface area contributed by atoms with Crippen LogP contribution in [0.3, 0.4) is 0 Å². The van der Waals surface area contributed by atoms with Crippen LogP contribution in [0.15, 0.2) is 12.3 Å². The van der Waals surface area contributed by atoms with E-state index in [1.54, 1.807) is 10.9 Å². The molecular formula is C16H23N5O. The number of likely N-dealkylation sites (tertiary alicyclic amines) is 1. The third-order valence-corrected chi connectivity index (χ3v) is 4.26. The van der Waals surface area contributed by atoms with Crippen molar-refractivity contribution >= 4 is 22.8 Å². The van der Waals surface area contributed by atoms with Crippen LogP contribution >= 0.6 is 0 Å². The van der Waals surface area contributed by atoms with Crippen molar-refractivity contribution in [1.29, 1.82) is 0 Å². The summed E-state index contributed by atoms with van der Waals surface area (Å²) in [4.78, 5) is 18.7. The molecule has 6 nitrogen and oxygen atoms in total. The minimum Gasteiger partial charge on any atom is -0.325 e. The number of aryl methyl sites for hydroxylation is 2. The topological polar surface area (TPSA) is 63.1 Å². The molecule has 118 valence electrons. The lowest BCUT2D eigenvalue weighted by Crippen LogP contribution is -2.37. The number of pyridine rings is 1. The van der Waals surface area contributed by atoms with Crippen molar-refractivity contribution in [3.8, 4) is 0 Å². The molecule has 3 heterocycles. The molecule has 0 radical (unpaired) electrons. The van der Waals surface area contributed by atoms with Crippen molar-refractivity contribution in [3.63, 3.8) is 0 Å². The highest BCUT2D eigenvalue weighted by molar-refractivity contribution is 5.92. The molecule has 2 amide bonds. The minimum atomic E-state index is -0.0235. The molecule has 1 aliphatic heterocycles. The normalized spacial score (nSPS) is 16.4. The quantitative estimate of drug-likeness (QED) is 0.880. The number of carbonyl (C=O) groups excluding carboxylic acids is 1. The van der Waals surface area contributed by atoms with Gasteiger partial charge in [-0.05, 0) is 25.8 Å². The van der Waals surface area contributed by atoms with E-state index in [-0.39, 0.29) is 6.03 Å². The van der Waals surface area contributed by atoms with E-state index in [0.29, 0.717) is 0 Å². The Morgan fingerprint density at radius 2 is 1.86 bits per heavy atom. The van der Waals surface area contributed by atoms with E-state index < -0.39 is 0 Å². The molecule has 1 aliphatic rings. The summed E-state index contributed by atoms with van der Waals surface area (Å²) in [7, 11) is 1.88. The summed E-state index contributed by atoms with van der Waals surface area (Å²) in [6.45, 7) is 3.63. The minimum absolute atomic E-state index is 0.0235. The fourth-order valence-corrected chi connectivity index (χ4v) is 3.03. The molecular weight excluding hydrogens is 278 g/mol. The third-order valence-electron chi connectivity index (χ3n) is 4.26. The number of hydrogen-bond donors (Lipinski definition) is 1. The van der Waals surface area contributed by atoms with Gasteiger partial charge in [-0.25, -0.2) is 9.78 Å². The summed E-state index contributed by atoms with van der Waals surface area (Å²) in [6.07, 6.45) is 7.60. The molecule has 1 fully saturated rings. The number of nitrogens with zero attached hydrogens (tertiary/aromatic N) is 4. The van der Waals surface area contributed by atoms with Gasteiger partial charge in [-0.3, -0.25) is 4.68 Å². The number of fused-ring (bicyclic) bond motifs is 1. The van der Waals surface area contributed by atoms with Crippen LogP contribution in [0.1, 0.15) is 37.8 Å². The molecule has 1 N–H and O–H groups in total. The number of urea groups is 1. The van der Waals surface area contributed by atoms with E-state index in [1.807, 2.05) is 24.9 Å². The van der Waals surface area contributed by atoms with Crippen molar-refractivity contribution < 1.29 is 4.79 Å². The lowest BCUT2D eigenvalue weighted by Gasteiger charge is -2.25. The van der Waals surface area contributed by atoms with Crippen molar-refractivity contribution in [1.82, 2.24) is 19.7 Å². The number of amides is 2. The maximum absolute atomic E-state index is 12.4. The third kappa shape index (κ3) is 3.05. The van der Waals surface area contributed by atoms with Gasteiger partial charge in [0.25, 0.3) is 0 Å². The first-order valence-electron chi connectivity index (χ1n) is 8.00. The van der Waals surface area contributed by atoms with Gasteiger partial charge in [-0.2, -0.15) is 5.10 Å². The van der Waals surface area contributed by atoms with Gasteiger partial charge in [-0.1, -0.05) is 19.3 Å². The monoisotopic (exact) mass is 301 g/mol. The Morgan fingerprint density at radius 3 is 2.59 bits per heavy atom. The standard InChI is InChI=1S/C16H23N5O/c1-12-14-10-13(11-17-15(14)20(2)19-12)18-16(22)21-8-6-4-3-5-7-9-21/h10-11H,3-9H2,1-2H3,(H,18,22). The van der Waals surface area contributed by atoms with Gasteiger partial charge in [0.05, 0.1) is 17.6 Å². The Morgan fingerprint density at radius 1 is 1.18 bits per heavy atom. The molecule has 0 atom stereocenters. The lowest BCUT2D eigenvalue weighted by molar-refractivity contribution is 0.206. The molecule has 22 heavy (non-hydrogen) atoms. The fourth-order valence-electron chi connectivity index (χ4n) is 3.03. The van der Waals surface area contributed by atoms with E-state index in [2.05, 4.69) is 15.4 Å². The van der Waals surface area contributed by atoms with Gasteiger partial charge in [0.15, 0.2) is 5.65 Å². The smallest absolute Gasteiger partial charge is 0.321 e. The number of nitrogens with one attached hydrogen (secondary N) is 1. The molecule has 2 aromatic rings. The van der Waals surface area contributed by atoms with Gasteiger partial charge in [-0.15, -0.1) is 0 Å². The second-order valence-corrected chi connectivity index (χ2v) is 5.99. The summed E-state index contributed by atoms with van der Waals surface area (Å²) >= 11 is 0. The SMILES string of the molecule is Cc1nn(C)c2ncc(NC(=O)N3CCCCCCC3)cc12. The lowest BCUT2D eigenvalue weighted by atomic mass is 10.1. The molecule has 0 saturated carbocycles. The first kappa shape index (κ1) is 14.8. The number of hydrogen-bond acceptors (Lipinski definition) is 3. The summed E-state index contributed by atoms with van der Waals surface area (Å²) in [5.41, 5.74) is 2.49. The second-order valence-electron chi connectivity index (χ2n) is 5.99. The molecule has 0 spiro atoms. The van der Waals surface area contributed by atoms with E-state index in [9.17, 15) is 4.79 Å². The molecule has 0 unspecified atom stereocenters. The van der Waals surface area contributed by atoms with Gasteiger partial charge in [0.1, 0.15) is 0 Å². The predicted molar refractivity (Wildman–Crippen MR) is 86.9 cm³/mol. The van der Waals surface area contributed by atoms with Gasteiger partial charge in [0, 0.05) is 25.5 Å². The predicted octanol–water partition coefficient (Wildman–Crippen LogP) is 3.07. The first-order chi connectivity index (χ1) is 10.6. The highest BCUT2D eigenvalue weighted by atomic mass is 16.2. The molecule has 3 rings (SSSR count). The summed E-state index contributed by atoms with van der Waals surface area (Å²) in [5.74, 6) is 0. The number of rotatable bonds is 1. The van der Waals surface area contributed by atoms with Crippen LogP contribution in [0.25, 0.3) is 11.0 Å². The van der Waals surface area contributed by atoms with Gasteiger partial charge >= 0.3 is 6.03 Å². The van der Waals surface area contributed by atoms with Crippen LogP contribution in [-0.2, 0) is 7.05 Å². The van der Waals surface area contributed by atoms with Crippen molar-refractivity contribution in [2.24, 2.45) is 7.05 Å². The Hall–Kier alpha value is -2.11. The van der Waals surface area contributed by atoms with E-state index >= 15 is 0 Å². The Bertz CT molecular complexity index is 670. The average molecular weight is 301 g/mol. The summed E-state index contributed by atoms with van der Waals surface area (Å²) < 4.78 is 1.76. The van der Waals surface area contributed by atoms with Crippen LogP contribution in [0.4, 0.5) is 10.5 Å². The van der Waals surface area contributed by atoms with Crippen LogP contribution in [0.2, 0.25) is 0 Å². The number of aromatic nitrogens is 3. The van der Waals surface area contributed by atoms with Crippen molar-refractivity contribution in [2.75, 3.05) is 18.4 Å². The van der Waals surface area contributed by atoms with Crippen LogP contribution in [0.5, 0.6) is 0 Å². The largest absolute Gasteiger partial charge is 0.325 e. The second kappa shape index (κ2) is 6.34. The molecule has 1 saturated heterocycles. The van der Waals surface area contributed by atoms with Gasteiger partial charge < -0.3 is 10.2 Å². The number of carbonyl (C=O) groups is 1. The Labute approximate surface area is 130 Å². The summed E-state index contributed by atoms with van der Waals surface area (Å²) in [5, 5.41) is 8.31. The van der Waals surface area contributed by atoms with Crippen molar-refractivity contribution in [3.05, 3.63) is 18.0 Å². The van der Waals surface area contributed by atoms with Crippen LogP contribution in [-0.4, -0.2) is 38.8 Å². The summed E-state index contributed by atoms with van der Waals surface area (Å²) in [6, 6.07) is 1.93. The zero-order valence-electron chi connectivity index (χ0n) is 13.3. The Kier molecular flexibility index (Phi) is 4.27. The fraction of sp³-hybridized carbons (Fsp3) is 0.562. The molecule has 0 aliphatic carbocycles. The maximum Gasteiger partial charge on any atom is 0.321 e. The van der Waals surface area contributed by atoms with Crippen LogP contribution < -0.4 is 5.32 Å². The maximum atomic E-state index is 12.4. The molecule has 6 heteroatoms.